The van der Waals surface area contributed by atoms with E-state index in [1.165, 1.54) is 0 Å². The van der Waals surface area contributed by atoms with E-state index in [4.69, 9.17) is 5.11 Å². The molecule has 0 saturated carbocycles. The van der Waals surface area contributed by atoms with Crippen molar-refractivity contribution in [2.75, 3.05) is 6.61 Å². The molecule has 0 spiro atoms. The van der Waals surface area contributed by atoms with E-state index in [-0.39, 0.29) is 6.61 Å². The molecule has 1 aliphatic carbocycles. The van der Waals surface area contributed by atoms with Crippen molar-refractivity contribution in [1.82, 2.24) is 15.4 Å². The highest BCUT2D eigenvalue weighted by atomic mass is 16.3. The highest BCUT2D eigenvalue weighted by Gasteiger charge is 2.20. The zero-order valence-electron chi connectivity index (χ0n) is 6.25. The number of aliphatic hydroxyl groups excluding tert-OH is 1. The van der Waals surface area contributed by atoms with Crippen molar-refractivity contribution in [2.24, 2.45) is 5.92 Å². The molecule has 60 valence electrons. The van der Waals surface area contributed by atoms with Crippen LogP contribution in [0.2, 0.25) is 0 Å². The maximum Gasteiger partial charge on any atom is 0.0860 e. The quantitative estimate of drug-likeness (QED) is 0.592. The fraction of sp³-hybridized carbons (Fsp3) is 0.714. The summed E-state index contributed by atoms with van der Waals surface area (Å²) in [6, 6.07) is 0. The molecule has 0 bridgehead atoms. The third-order valence-corrected chi connectivity index (χ3v) is 2.23. The maximum atomic E-state index is 8.90. The molecule has 0 aliphatic heterocycles. The van der Waals surface area contributed by atoms with Crippen molar-refractivity contribution < 1.29 is 5.11 Å². The number of aliphatic hydroxyl groups is 1. The Balaban J connectivity index is 2.18. The molecule has 0 amide bonds. The standard InChI is InChI=1S/C7H11N3O/c11-4-5-1-2-6-7(3-5)9-10-8-6/h5,11H,1-4H2,(H,8,9,10). The van der Waals surface area contributed by atoms with E-state index in [0.29, 0.717) is 5.92 Å². The minimum atomic E-state index is 0.270. The molecule has 0 aromatic carbocycles. The summed E-state index contributed by atoms with van der Waals surface area (Å²) in [6.45, 7) is 0.270. The Labute approximate surface area is 64.6 Å². The summed E-state index contributed by atoms with van der Waals surface area (Å²) in [6.07, 6.45) is 2.87. The van der Waals surface area contributed by atoms with Crippen LogP contribution >= 0.6 is 0 Å². The number of H-pyrrole nitrogens is 1. The van der Waals surface area contributed by atoms with E-state index in [1.54, 1.807) is 0 Å². The highest BCUT2D eigenvalue weighted by molar-refractivity contribution is 5.12. The van der Waals surface area contributed by atoms with Gasteiger partial charge >= 0.3 is 0 Å². The first-order valence-electron chi connectivity index (χ1n) is 3.89. The largest absolute Gasteiger partial charge is 0.396 e. The smallest absolute Gasteiger partial charge is 0.0860 e. The van der Waals surface area contributed by atoms with Crippen LogP contribution in [0.4, 0.5) is 0 Å². The molecule has 2 rings (SSSR count). The number of nitrogens with zero attached hydrogens (tertiary/aromatic N) is 2. The number of fused-ring (bicyclic) bond motifs is 1. The molecule has 1 atom stereocenters. The molecular formula is C7H11N3O. The average Bonchev–Trinajstić information content (AvgIpc) is 2.50. The molecular weight excluding hydrogens is 142 g/mol. The van der Waals surface area contributed by atoms with Gasteiger partial charge in [0.2, 0.25) is 0 Å². The minimum absolute atomic E-state index is 0.270. The topological polar surface area (TPSA) is 61.8 Å². The maximum absolute atomic E-state index is 8.90. The molecule has 11 heavy (non-hydrogen) atoms. The van der Waals surface area contributed by atoms with Crippen molar-refractivity contribution in [3.63, 3.8) is 0 Å². The first-order chi connectivity index (χ1) is 5.40. The monoisotopic (exact) mass is 153 g/mol. The molecule has 1 aliphatic rings. The molecule has 4 nitrogen and oxygen atoms in total. The van der Waals surface area contributed by atoms with Crippen LogP contribution in [-0.4, -0.2) is 27.1 Å². The van der Waals surface area contributed by atoms with Gasteiger partial charge in [-0.25, -0.2) is 0 Å². The van der Waals surface area contributed by atoms with Crippen molar-refractivity contribution in [1.29, 1.82) is 0 Å². The van der Waals surface area contributed by atoms with Gasteiger partial charge < -0.3 is 5.11 Å². The molecule has 0 fully saturated rings. The van der Waals surface area contributed by atoms with Gasteiger partial charge in [-0.15, -0.1) is 0 Å². The average molecular weight is 153 g/mol. The lowest BCUT2D eigenvalue weighted by atomic mass is 9.91. The van der Waals surface area contributed by atoms with E-state index in [0.717, 1.165) is 30.7 Å². The first-order valence-corrected chi connectivity index (χ1v) is 3.89. The summed E-state index contributed by atoms with van der Waals surface area (Å²) in [5.74, 6) is 0.396. The Morgan fingerprint density at radius 1 is 1.45 bits per heavy atom. The second-order valence-electron chi connectivity index (χ2n) is 3.01. The molecule has 0 saturated heterocycles. The van der Waals surface area contributed by atoms with Crippen molar-refractivity contribution in [3.8, 4) is 0 Å². The summed E-state index contributed by atoms with van der Waals surface area (Å²) in [5.41, 5.74) is 2.12. The van der Waals surface area contributed by atoms with Crippen LogP contribution in [-0.2, 0) is 12.8 Å². The number of aryl methyl sites for hydroxylation is 1. The molecule has 0 radical (unpaired) electrons. The van der Waals surface area contributed by atoms with Crippen LogP contribution in [0.25, 0.3) is 0 Å². The third-order valence-electron chi connectivity index (χ3n) is 2.23. The predicted octanol–water partition coefficient (Wildman–Crippen LogP) is -0.0981. The van der Waals surface area contributed by atoms with Gasteiger partial charge in [0.05, 0.1) is 11.4 Å². The second-order valence-corrected chi connectivity index (χ2v) is 3.01. The summed E-state index contributed by atoms with van der Waals surface area (Å²) >= 11 is 0. The fourth-order valence-electron chi connectivity index (χ4n) is 1.51. The lowest BCUT2D eigenvalue weighted by Crippen LogP contribution is -2.17. The SMILES string of the molecule is OCC1CCc2n[nH]nc2C1. The zero-order chi connectivity index (χ0) is 7.68. The van der Waals surface area contributed by atoms with Crippen molar-refractivity contribution in [3.05, 3.63) is 11.4 Å². The number of rotatable bonds is 1. The fourth-order valence-corrected chi connectivity index (χ4v) is 1.51. The van der Waals surface area contributed by atoms with Crippen LogP contribution in [0, 0.1) is 5.92 Å². The van der Waals surface area contributed by atoms with Crippen LogP contribution in [0.15, 0.2) is 0 Å². The summed E-state index contributed by atoms with van der Waals surface area (Å²) in [5, 5.41) is 19.5. The molecule has 1 unspecified atom stereocenters. The summed E-state index contributed by atoms with van der Waals surface area (Å²) < 4.78 is 0. The van der Waals surface area contributed by atoms with Crippen molar-refractivity contribution in [2.45, 2.75) is 19.3 Å². The normalized spacial score (nSPS) is 23.2. The summed E-state index contributed by atoms with van der Waals surface area (Å²) in [7, 11) is 0. The van der Waals surface area contributed by atoms with Gasteiger partial charge in [0.25, 0.3) is 0 Å². The van der Waals surface area contributed by atoms with Crippen molar-refractivity contribution >= 4 is 0 Å². The van der Waals surface area contributed by atoms with Gasteiger partial charge in [0.15, 0.2) is 0 Å². The molecule has 4 heteroatoms. The Hall–Kier alpha value is -0.900. The molecule has 2 N–H and O–H groups in total. The van der Waals surface area contributed by atoms with Crippen LogP contribution < -0.4 is 0 Å². The number of hydrogen-bond acceptors (Lipinski definition) is 3. The van der Waals surface area contributed by atoms with Gasteiger partial charge in [0.1, 0.15) is 0 Å². The third kappa shape index (κ3) is 1.14. The van der Waals surface area contributed by atoms with Crippen LogP contribution in [0.1, 0.15) is 17.8 Å². The molecule has 1 aromatic rings. The van der Waals surface area contributed by atoms with Crippen LogP contribution in [0.3, 0.4) is 0 Å². The van der Waals surface area contributed by atoms with Gasteiger partial charge in [-0.3, -0.25) is 0 Å². The molecule has 1 aromatic heterocycles. The lowest BCUT2D eigenvalue weighted by Gasteiger charge is -2.16. The van der Waals surface area contributed by atoms with E-state index in [9.17, 15) is 0 Å². The van der Waals surface area contributed by atoms with Crippen LogP contribution in [0.5, 0.6) is 0 Å². The number of hydrogen-bond donors (Lipinski definition) is 2. The zero-order valence-corrected chi connectivity index (χ0v) is 6.25. The van der Waals surface area contributed by atoms with E-state index < -0.39 is 0 Å². The first kappa shape index (κ1) is 6.79. The van der Waals surface area contributed by atoms with E-state index in [2.05, 4.69) is 15.4 Å². The van der Waals surface area contributed by atoms with Gasteiger partial charge in [-0.2, -0.15) is 15.4 Å². The predicted molar refractivity (Wildman–Crippen MR) is 39.0 cm³/mol. The Morgan fingerprint density at radius 3 is 3.09 bits per heavy atom. The Bertz CT molecular complexity index is 246. The Kier molecular flexibility index (Phi) is 1.62. The second kappa shape index (κ2) is 2.62. The van der Waals surface area contributed by atoms with Gasteiger partial charge in [-0.05, 0) is 25.2 Å². The van der Waals surface area contributed by atoms with E-state index in [1.807, 2.05) is 0 Å². The molecule has 1 heterocycles. The highest BCUT2D eigenvalue weighted by Crippen LogP contribution is 2.21. The number of aromatic amines is 1. The van der Waals surface area contributed by atoms with E-state index >= 15 is 0 Å². The lowest BCUT2D eigenvalue weighted by molar-refractivity contribution is 0.212. The number of nitrogens with one attached hydrogen (secondary N) is 1. The number of aromatic nitrogens is 3. The Morgan fingerprint density at radius 2 is 2.27 bits per heavy atom. The summed E-state index contributed by atoms with van der Waals surface area (Å²) in [4.78, 5) is 0. The van der Waals surface area contributed by atoms with Gasteiger partial charge in [0, 0.05) is 6.61 Å². The minimum Gasteiger partial charge on any atom is -0.396 e. The van der Waals surface area contributed by atoms with Gasteiger partial charge in [-0.1, -0.05) is 0 Å².